The maximum absolute atomic E-state index is 13.6. The number of carbonyl (C=O) groups excluding carboxylic acids is 1. The molecule has 1 saturated carbocycles. The number of benzene rings is 2. The molecule has 38 heavy (non-hydrogen) atoms. The topological polar surface area (TPSA) is 88.5 Å². The Morgan fingerprint density at radius 2 is 1.95 bits per heavy atom. The van der Waals surface area contributed by atoms with Crippen molar-refractivity contribution in [3.63, 3.8) is 0 Å². The summed E-state index contributed by atoms with van der Waals surface area (Å²) in [6.07, 6.45) is 8.58. The van der Waals surface area contributed by atoms with Crippen molar-refractivity contribution in [2.24, 2.45) is 0 Å². The molecule has 1 aliphatic heterocycles. The number of hydrogen-bond donors (Lipinski definition) is 2. The number of anilines is 1. The zero-order chi connectivity index (χ0) is 26.5. The number of carbonyl (C=O) groups is 1. The van der Waals surface area contributed by atoms with Crippen LogP contribution < -0.4 is 20.9 Å². The molecule has 0 bridgehead atoms. The minimum atomic E-state index is -0.263. The first-order valence-corrected chi connectivity index (χ1v) is 13.7. The molecule has 0 radical (unpaired) electrons. The molecule has 3 aromatic rings. The van der Waals surface area contributed by atoms with E-state index in [-0.39, 0.29) is 29.4 Å². The van der Waals surface area contributed by atoms with Crippen molar-refractivity contribution in [2.45, 2.75) is 58.0 Å². The van der Waals surface area contributed by atoms with Gasteiger partial charge in [0.1, 0.15) is 12.4 Å². The lowest BCUT2D eigenvalue weighted by molar-refractivity contribution is 0.0951. The van der Waals surface area contributed by atoms with Gasteiger partial charge in [-0.05, 0) is 75.9 Å². The molecule has 2 N–H and O–H groups in total. The Hall–Kier alpha value is -3.65. The molecule has 8 nitrogen and oxygen atoms in total. The van der Waals surface area contributed by atoms with Crippen LogP contribution >= 0.6 is 0 Å². The highest BCUT2D eigenvalue weighted by Crippen LogP contribution is 2.29. The summed E-state index contributed by atoms with van der Waals surface area (Å²) in [5, 5.41) is 6.39. The first-order chi connectivity index (χ1) is 18.5. The second-order valence-electron chi connectivity index (χ2n) is 10.2. The van der Waals surface area contributed by atoms with Crippen molar-refractivity contribution in [2.75, 3.05) is 31.6 Å². The standard InChI is InChI=1S/C30H37N5O3/c1-3-25(24-8-4-5-9-27(24)38-19-18-34-15-6-7-16-34)33-28-30(37)35(17-14-31-28)26-20-22(11-10-21(26)2)29(36)32-23-12-13-23/h4-5,8-11,14,17,20,23,25H,3,6-7,12-13,15-16,18-19H2,1-2H3,(H,31,33)(H,32,36)/t25-/m0/s1. The van der Waals surface area contributed by atoms with E-state index < -0.39 is 0 Å². The van der Waals surface area contributed by atoms with Gasteiger partial charge in [-0.2, -0.15) is 0 Å². The number of likely N-dealkylation sites (tertiary alicyclic amines) is 1. The third-order valence-corrected chi connectivity index (χ3v) is 7.36. The van der Waals surface area contributed by atoms with Crippen molar-refractivity contribution in [1.29, 1.82) is 0 Å². The van der Waals surface area contributed by atoms with Gasteiger partial charge in [0, 0.05) is 36.1 Å². The van der Waals surface area contributed by atoms with Crippen molar-refractivity contribution in [3.8, 4) is 11.4 Å². The third kappa shape index (κ3) is 6.07. The van der Waals surface area contributed by atoms with Crippen LogP contribution in [0.15, 0.2) is 59.7 Å². The molecule has 0 unspecified atom stereocenters. The summed E-state index contributed by atoms with van der Waals surface area (Å²) in [5.74, 6) is 0.979. The largest absolute Gasteiger partial charge is 0.492 e. The van der Waals surface area contributed by atoms with Crippen LogP contribution in [0.3, 0.4) is 0 Å². The maximum Gasteiger partial charge on any atom is 0.297 e. The van der Waals surface area contributed by atoms with Crippen molar-refractivity contribution in [3.05, 3.63) is 81.9 Å². The van der Waals surface area contributed by atoms with Crippen LogP contribution in [0.4, 0.5) is 5.82 Å². The summed E-state index contributed by atoms with van der Waals surface area (Å²) in [5.41, 5.74) is 2.85. The molecule has 1 aliphatic carbocycles. The fourth-order valence-electron chi connectivity index (χ4n) is 4.96. The maximum atomic E-state index is 13.6. The van der Waals surface area contributed by atoms with Gasteiger partial charge in [-0.15, -0.1) is 0 Å². The molecule has 2 aromatic carbocycles. The summed E-state index contributed by atoms with van der Waals surface area (Å²) < 4.78 is 7.76. The zero-order valence-corrected chi connectivity index (χ0v) is 22.3. The second kappa shape index (κ2) is 11.8. The van der Waals surface area contributed by atoms with Gasteiger partial charge in [-0.3, -0.25) is 19.1 Å². The lowest BCUT2D eigenvalue weighted by Gasteiger charge is -2.22. The van der Waals surface area contributed by atoms with E-state index in [1.165, 1.54) is 12.8 Å². The van der Waals surface area contributed by atoms with E-state index in [2.05, 4.69) is 27.4 Å². The van der Waals surface area contributed by atoms with Crippen LogP contribution in [-0.4, -0.2) is 52.6 Å². The second-order valence-corrected chi connectivity index (χ2v) is 10.2. The fraction of sp³-hybridized carbons (Fsp3) is 0.433. The summed E-state index contributed by atoms with van der Waals surface area (Å²) in [4.78, 5) is 33.0. The predicted molar refractivity (Wildman–Crippen MR) is 149 cm³/mol. The molecule has 1 aromatic heterocycles. The summed E-state index contributed by atoms with van der Waals surface area (Å²) in [6.45, 7) is 7.84. The number of hydrogen-bond acceptors (Lipinski definition) is 6. The molecule has 1 atom stereocenters. The van der Waals surface area contributed by atoms with Gasteiger partial charge < -0.3 is 15.4 Å². The average molecular weight is 516 g/mol. The highest BCUT2D eigenvalue weighted by molar-refractivity contribution is 5.95. The minimum absolute atomic E-state index is 0.110. The molecule has 2 aliphatic rings. The number of ether oxygens (including phenoxy) is 1. The van der Waals surface area contributed by atoms with Crippen LogP contribution in [0.2, 0.25) is 0 Å². The molecular weight excluding hydrogens is 478 g/mol. The normalized spacial score (nSPS) is 16.3. The van der Waals surface area contributed by atoms with Crippen LogP contribution in [0.25, 0.3) is 5.69 Å². The molecule has 8 heteroatoms. The lowest BCUT2D eigenvalue weighted by atomic mass is 10.0. The number of aryl methyl sites for hydroxylation is 1. The molecule has 1 saturated heterocycles. The molecule has 1 amide bonds. The lowest BCUT2D eigenvalue weighted by Crippen LogP contribution is -2.27. The number of para-hydroxylation sites is 1. The Balaban J connectivity index is 1.36. The number of amides is 1. The minimum Gasteiger partial charge on any atom is -0.492 e. The van der Waals surface area contributed by atoms with E-state index in [4.69, 9.17) is 4.74 Å². The molecule has 0 spiro atoms. The van der Waals surface area contributed by atoms with E-state index in [0.29, 0.717) is 17.9 Å². The van der Waals surface area contributed by atoms with E-state index in [1.54, 1.807) is 29.1 Å². The highest BCUT2D eigenvalue weighted by atomic mass is 16.5. The molecule has 5 rings (SSSR count). The zero-order valence-electron chi connectivity index (χ0n) is 22.3. The van der Waals surface area contributed by atoms with Gasteiger partial charge in [-0.1, -0.05) is 31.2 Å². The van der Waals surface area contributed by atoms with E-state index >= 15 is 0 Å². The summed E-state index contributed by atoms with van der Waals surface area (Å²) in [6, 6.07) is 13.6. The van der Waals surface area contributed by atoms with Crippen LogP contribution in [-0.2, 0) is 0 Å². The Kier molecular flexibility index (Phi) is 8.08. The highest BCUT2D eigenvalue weighted by Gasteiger charge is 2.24. The van der Waals surface area contributed by atoms with Gasteiger partial charge in [0.2, 0.25) is 0 Å². The first-order valence-electron chi connectivity index (χ1n) is 13.7. The van der Waals surface area contributed by atoms with Crippen LogP contribution in [0, 0.1) is 6.92 Å². The monoisotopic (exact) mass is 515 g/mol. The van der Waals surface area contributed by atoms with Gasteiger partial charge in [0.05, 0.1) is 11.7 Å². The molecular formula is C30H37N5O3. The molecule has 2 fully saturated rings. The predicted octanol–water partition coefficient (Wildman–Crippen LogP) is 4.47. The van der Waals surface area contributed by atoms with Crippen molar-refractivity contribution < 1.29 is 9.53 Å². The molecule has 200 valence electrons. The average Bonchev–Trinajstić information content (AvgIpc) is 3.59. The first kappa shape index (κ1) is 26.0. The van der Waals surface area contributed by atoms with Gasteiger partial charge >= 0.3 is 0 Å². The van der Waals surface area contributed by atoms with Crippen LogP contribution in [0.1, 0.15) is 66.6 Å². The quantitative estimate of drug-likeness (QED) is 0.392. The smallest absolute Gasteiger partial charge is 0.297 e. The van der Waals surface area contributed by atoms with E-state index in [0.717, 1.165) is 55.8 Å². The Morgan fingerprint density at radius 3 is 2.71 bits per heavy atom. The van der Waals surface area contributed by atoms with Crippen LogP contribution in [0.5, 0.6) is 5.75 Å². The molecule has 2 heterocycles. The summed E-state index contributed by atoms with van der Waals surface area (Å²) in [7, 11) is 0. The number of nitrogens with one attached hydrogen (secondary N) is 2. The Bertz CT molecular complexity index is 1330. The third-order valence-electron chi connectivity index (χ3n) is 7.36. The number of nitrogens with zero attached hydrogens (tertiary/aromatic N) is 3. The van der Waals surface area contributed by atoms with Crippen molar-refractivity contribution in [1.82, 2.24) is 19.8 Å². The van der Waals surface area contributed by atoms with Gasteiger partial charge in [0.15, 0.2) is 5.82 Å². The summed E-state index contributed by atoms with van der Waals surface area (Å²) >= 11 is 0. The fourth-order valence-corrected chi connectivity index (χ4v) is 4.96. The van der Waals surface area contributed by atoms with Crippen molar-refractivity contribution >= 4 is 11.7 Å². The van der Waals surface area contributed by atoms with Gasteiger partial charge in [0.25, 0.3) is 11.5 Å². The van der Waals surface area contributed by atoms with E-state index in [1.807, 2.05) is 37.3 Å². The Morgan fingerprint density at radius 1 is 1.16 bits per heavy atom. The van der Waals surface area contributed by atoms with Gasteiger partial charge in [-0.25, -0.2) is 4.98 Å². The Labute approximate surface area is 224 Å². The number of rotatable bonds is 11. The number of aromatic nitrogens is 2. The SMILES string of the molecule is CC[C@H](Nc1nccn(-c2cc(C(=O)NC3CC3)ccc2C)c1=O)c1ccccc1OCCN1CCCC1. The van der Waals surface area contributed by atoms with E-state index in [9.17, 15) is 9.59 Å².